The molecule has 0 spiro atoms. The molecule has 0 N–H and O–H groups in total. The van der Waals surface area contributed by atoms with Gasteiger partial charge in [-0.3, -0.25) is 0 Å². The highest BCUT2D eigenvalue weighted by Crippen LogP contribution is 2.26. The zero-order valence-corrected chi connectivity index (χ0v) is 14.2. The summed E-state index contributed by atoms with van der Waals surface area (Å²) in [6, 6.07) is 5.26. The second-order valence-corrected chi connectivity index (χ2v) is 6.30. The molecule has 1 heterocycles. The van der Waals surface area contributed by atoms with Crippen LogP contribution in [0.25, 0.3) is 0 Å². The molecule has 1 aliphatic rings. The van der Waals surface area contributed by atoms with Crippen molar-refractivity contribution in [1.29, 1.82) is 0 Å². The standard InChI is InChI=1S/C12H14FNO2S.C2H6O.CH2F2/c1-9-6-11(8-15)14(7-9)17(16)12-4-2-10(13)3-5-12;1-3-2;2-1-3/h2-5,8-9,11H,6-7H2,1H3;1-2H3;1H2/t9-,11?,17?;;/m1../s1. The lowest BCUT2D eigenvalue weighted by Crippen LogP contribution is -2.32. The molecule has 4 nitrogen and oxygen atoms in total. The van der Waals surface area contributed by atoms with Crippen LogP contribution in [0.5, 0.6) is 0 Å². The minimum Gasteiger partial charge on any atom is -0.388 e. The lowest BCUT2D eigenvalue weighted by atomic mass is 10.1. The highest BCUT2D eigenvalue weighted by molar-refractivity contribution is 7.82. The van der Waals surface area contributed by atoms with Gasteiger partial charge in [-0.05, 0) is 36.6 Å². The van der Waals surface area contributed by atoms with Crippen molar-refractivity contribution in [3.05, 3.63) is 30.1 Å². The van der Waals surface area contributed by atoms with Crippen molar-refractivity contribution in [3.63, 3.8) is 0 Å². The van der Waals surface area contributed by atoms with E-state index in [1.54, 1.807) is 18.5 Å². The van der Waals surface area contributed by atoms with Gasteiger partial charge in [0, 0.05) is 20.8 Å². The Morgan fingerprint density at radius 1 is 1.30 bits per heavy atom. The van der Waals surface area contributed by atoms with Gasteiger partial charge in [0.25, 0.3) is 0 Å². The molecule has 132 valence electrons. The first-order chi connectivity index (χ1) is 10.9. The third kappa shape index (κ3) is 7.71. The van der Waals surface area contributed by atoms with Crippen molar-refractivity contribution in [2.24, 2.45) is 5.92 Å². The van der Waals surface area contributed by atoms with Crippen molar-refractivity contribution >= 4 is 17.3 Å². The van der Waals surface area contributed by atoms with Crippen LogP contribution in [0, 0.1) is 11.7 Å². The quantitative estimate of drug-likeness (QED) is 0.785. The minimum absolute atomic E-state index is 0.295. The summed E-state index contributed by atoms with van der Waals surface area (Å²) >= 11 is 0. The third-order valence-electron chi connectivity index (χ3n) is 2.89. The van der Waals surface area contributed by atoms with Gasteiger partial charge in [0.05, 0.1) is 10.9 Å². The van der Waals surface area contributed by atoms with Gasteiger partial charge in [-0.2, -0.15) is 0 Å². The topological polar surface area (TPSA) is 46.6 Å². The summed E-state index contributed by atoms with van der Waals surface area (Å²) in [4.78, 5) is 11.5. The summed E-state index contributed by atoms with van der Waals surface area (Å²) in [5.41, 5.74) is 0. The first kappa shape index (κ1) is 21.8. The zero-order valence-electron chi connectivity index (χ0n) is 13.4. The molecular weight excluding hydrogens is 331 g/mol. The Bertz CT molecular complexity index is 472. The molecule has 2 unspecified atom stereocenters. The Kier molecular flexibility index (Phi) is 11.5. The van der Waals surface area contributed by atoms with Crippen LogP contribution in [-0.2, 0) is 20.5 Å². The van der Waals surface area contributed by atoms with E-state index >= 15 is 0 Å². The predicted molar refractivity (Wildman–Crippen MR) is 83.2 cm³/mol. The first-order valence-electron chi connectivity index (χ1n) is 6.86. The van der Waals surface area contributed by atoms with Crippen molar-refractivity contribution < 1.29 is 26.9 Å². The van der Waals surface area contributed by atoms with Gasteiger partial charge in [-0.25, -0.2) is 21.7 Å². The first-order valence-corrected chi connectivity index (χ1v) is 7.97. The van der Waals surface area contributed by atoms with E-state index in [0.717, 1.165) is 12.7 Å². The van der Waals surface area contributed by atoms with E-state index in [1.165, 1.54) is 24.3 Å². The average molecular weight is 353 g/mol. The molecule has 0 saturated carbocycles. The molecule has 3 atom stereocenters. The van der Waals surface area contributed by atoms with Crippen molar-refractivity contribution in [3.8, 4) is 0 Å². The number of carbonyl (C=O) groups excluding carboxylic acids is 1. The SMILES string of the molecule is COC.C[C@@H]1CC(C=O)N(S(=O)c2ccc(F)cc2)C1.FCF. The Balaban J connectivity index is 0.000000704. The molecule has 1 saturated heterocycles. The molecule has 23 heavy (non-hydrogen) atoms. The summed E-state index contributed by atoms with van der Waals surface area (Å²) in [5.74, 6) is 0.00192. The summed E-state index contributed by atoms with van der Waals surface area (Å²) in [7, 11) is 1.87. The van der Waals surface area contributed by atoms with Crippen molar-refractivity contribution in [2.75, 3.05) is 27.7 Å². The monoisotopic (exact) mass is 353 g/mol. The van der Waals surface area contributed by atoms with E-state index in [0.29, 0.717) is 17.4 Å². The average Bonchev–Trinajstić information content (AvgIpc) is 2.90. The van der Waals surface area contributed by atoms with Gasteiger partial charge >= 0.3 is 0 Å². The smallest absolute Gasteiger partial charge is 0.229 e. The molecule has 8 heteroatoms. The number of carbonyl (C=O) groups is 1. The Hall–Kier alpha value is -1.25. The Labute approximate surface area is 137 Å². The largest absolute Gasteiger partial charge is 0.388 e. The molecule has 1 aromatic carbocycles. The number of methoxy groups -OCH3 is 1. The predicted octanol–water partition coefficient (Wildman–Crippen LogP) is 2.90. The Morgan fingerprint density at radius 3 is 2.22 bits per heavy atom. The number of rotatable bonds is 3. The summed E-state index contributed by atoms with van der Waals surface area (Å²) in [5, 5.41) is 0. The highest BCUT2D eigenvalue weighted by Gasteiger charge is 2.33. The van der Waals surface area contributed by atoms with Gasteiger partial charge in [0.1, 0.15) is 23.1 Å². The number of alkyl halides is 2. The number of benzene rings is 1. The van der Waals surface area contributed by atoms with E-state index in [-0.39, 0.29) is 11.9 Å². The zero-order chi connectivity index (χ0) is 17.8. The fraction of sp³-hybridized carbons (Fsp3) is 0.533. The second-order valence-electron chi connectivity index (χ2n) is 4.86. The van der Waals surface area contributed by atoms with Crippen LogP contribution >= 0.6 is 0 Å². The fourth-order valence-corrected chi connectivity index (χ4v) is 3.46. The number of nitrogens with zero attached hydrogens (tertiary/aromatic N) is 1. The van der Waals surface area contributed by atoms with Crippen LogP contribution in [-0.4, -0.2) is 48.5 Å². The molecule has 0 aliphatic carbocycles. The van der Waals surface area contributed by atoms with Crippen LogP contribution in [0.4, 0.5) is 13.2 Å². The van der Waals surface area contributed by atoms with Gasteiger partial charge in [0.2, 0.25) is 6.93 Å². The molecule has 1 fully saturated rings. The van der Waals surface area contributed by atoms with E-state index in [4.69, 9.17) is 0 Å². The molecule has 1 aromatic rings. The molecule has 0 radical (unpaired) electrons. The lowest BCUT2D eigenvalue weighted by molar-refractivity contribution is -0.110. The Morgan fingerprint density at radius 2 is 1.78 bits per heavy atom. The number of ether oxygens (including phenoxy) is 1. The number of halogens is 3. The lowest BCUT2D eigenvalue weighted by Gasteiger charge is -2.18. The number of hydrogen-bond donors (Lipinski definition) is 0. The van der Waals surface area contributed by atoms with Crippen molar-refractivity contribution in [1.82, 2.24) is 4.31 Å². The number of hydrogen-bond acceptors (Lipinski definition) is 3. The van der Waals surface area contributed by atoms with E-state index in [1.807, 2.05) is 6.92 Å². The molecular formula is C15H22F3NO3S. The normalized spacial score (nSPS) is 21.5. The molecule has 1 aliphatic heterocycles. The van der Waals surface area contributed by atoms with Crippen LogP contribution in [0.3, 0.4) is 0 Å². The van der Waals surface area contributed by atoms with Crippen LogP contribution in [0.15, 0.2) is 29.2 Å². The van der Waals surface area contributed by atoms with Crippen LogP contribution < -0.4 is 0 Å². The number of aldehydes is 1. The maximum atomic E-state index is 12.8. The van der Waals surface area contributed by atoms with Crippen LogP contribution in [0.2, 0.25) is 0 Å². The second kappa shape index (κ2) is 12.2. The molecule has 2 rings (SSSR count). The van der Waals surface area contributed by atoms with Crippen molar-refractivity contribution in [2.45, 2.75) is 24.3 Å². The third-order valence-corrected chi connectivity index (χ3v) is 4.41. The molecule has 0 aromatic heterocycles. The highest BCUT2D eigenvalue weighted by atomic mass is 32.2. The summed E-state index contributed by atoms with van der Waals surface area (Å²) < 4.78 is 50.2. The van der Waals surface area contributed by atoms with Gasteiger partial charge in [0.15, 0.2) is 0 Å². The molecule has 0 bridgehead atoms. The maximum absolute atomic E-state index is 12.8. The summed E-state index contributed by atoms with van der Waals surface area (Å²) in [6.45, 7) is 0.908. The van der Waals surface area contributed by atoms with E-state index < -0.39 is 17.9 Å². The van der Waals surface area contributed by atoms with Gasteiger partial charge < -0.3 is 9.53 Å². The van der Waals surface area contributed by atoms with E-state index in [2.05, 4.69) is 4.74 Å². The van der Waals surface area contributed by atoms with Gasteiger partial charge in [-0.15, -0.1) is 0 Å². The minimum atomic E-state index is -1.75. The maximum Gasteiger partial charge on any atom is 0.229 e. The fourth-order valence-electron chi connectivity index (χ4n) is 2.05. The van der Waals surface area contributed by atoms with E-state index in [9.17, 15) is 22.2 Å². The summed E-state index contributed by atoms with van der Waals surface area (Å²) in [6.07, 6.45) is 1.57. The molecule has 0 amide bonds. The van der Waals surface area contributed by atoms with Crippen LogP contribution in [0.1, 0.15) is 13.3 Å². The van der Waals surface area contributed by atoms with Gasteiger partial charge in [-0.1, -0.05) is 6.92 Å².